The van der Waals surface area contributed by atoms with E-state index in [-0.39, 0.29) is 22.8 Å². The lowest BCUT2D eigenvalue weighted by atomic mass is 10.1. The first kappa shape index (κ1) is 14.9. The van der Waals surface area contributed by atoms with Crippen LogP contribution in [-0.4, -0.2) is 38.4 Å². The minimum atomic E-state index is -1.31. The van der Waals surface area contributed by atoms with Crippen LogP contribution in [0.2, 0.25) is 0 Å². The van der Waals surface area contributed by atoms with Crippen LogP contribution in [0.25, 0.3) is 0 Å². The molecule has 1 unspecified atom stereocenters. The largest absolute Gasteiger partial charge is 0.507 e. The molecule has 0 saturated carbocycles. The minimum absolute atomic E-state index is 0.121. The van der Waals surface area contributed by atoms with Crippen molar-refractivity contribution in [2.45, 2.75) is 11.7 Å². The molecule has 2 rings (SSSR count). The number of thioether (sulfide) groups is 1. The molecule has 110 valence electrons. The number of carbonyl (C=O) groups excluding carboxylic acids is 2. The predicted molar refractivity (Wildman–Crippen MR) is 76.3 cm³/mol. The van der Waals surface area contributed by atoms with E-state index in [0.29, 0.717) is 0 Å². The molecule has 0 radical (unpaired) electrons. The van der Waals surface area contributed by atoms with Gasteiger partial charge < -0.3 is 21.3 Å². The Labute approximate surface area is 123 Å². The van der Waals surface area contributed by atoms with E-state index in [4.69, 9.17) is 10.8 Å². The molecule has 1 heterocycles. The molecule has 0 aromatic heterocycles. The second-order valence-electron chi connectivity index (χ2n) is 4.18. The van der Waals surface area contributed by atoms with Gasteiger partial charge in [0.05, 0.1) is 0 Å². The fourth-order valence-corrected chi connectivity index (χ4v) is 2.52. The summed E-state index contributed by atoms with van der Waals surface area (Å²) in [6, 6.07) is 3.65. The van der Waals surface area contributed by atoms with Crippen molar-refractivity contribution in [1.82, 2.24) is 0 Å². The maximum Gasteiger partial charge on any atom is 0.339 e. The van der Waals surface area contributed by atoms with E-state index in [2.05, 4.69) is 10.3 Å². The van der Waals surface area contributed by atoms with Crippen molar-refractivity contribution in [2.24, 2.45) is 10.7 Å². The van der Waals surface area contributed by atoms with Gasteiger partial charge in [-0.1, -0.05) is 11.8 Å². The lowest BCUT2D eigenvalue weighted by Crippen LogP contribution is -2.21. The SMILES string of the molecule is NC1=NC(=O)C(CC(=O)Nc2ccc(O)c(C(=O)O)c2)S1. The van der Waals surface area contributed by atoms with Gasteiger partial charge in [-0.05, 0) is 18.2 Å². The molecule has 1 aliphatic rings. The molecule has 0 spiro atoms. The Balaban J connectivity index is 2.02. The summed E-state index contributed by atoms with van der Waals surface area (Å²) >= 11 is 1.01. The van der Waals surface area contributed by atoms with Crippen LogP contribution in [-0.2, 0) is 9.59 Å². The number of nitrogens with one attached hydrogen (secondary N) is 1. The van der Waals surface area contributed by atoms with Crippen LogP contribution in [0.15, 0.2) is 23.2 Å². The van der Waals surface area contributed by atoms with E-state index in [1.165, 1.54) is 6.07 Å². The van der Waals surface area contributed by atoms with Crippen LogP contribution >= 0.6 is 11.8 Å². The van der Waals surface area contributed by atoms with Crippen LogP contribution in [0.4, 0.5) is 5.69 Å². The van der Waals surface area contributed by atoms with E-state index < -0.39 is 28.8 Å². The number of rotatable bonds is 4. The number of nitrogens with two attached hydrogens (primary N) is 1. The summed E-state index contributed by atoms with van der Waals surface area (Å²) in [7, 11) is 0. The molecule has 1 aromatic carbocycles. The van der Waals surface area contributed by atoms with Gasteiger partial charge in [-0.25, -0.2) is 4.79 Å². The second kappa shape index (κ2) is 5.83. The lowest BCUT2D eigenvalue weighted by Gasteiger charge is -2.09. The zero-order valence-electron chi connectivity index (χ0n) is 10.6. The Bertz CT molecular complexity index is 658. The summed E-state index contributed by atoms with van der Waals surface area (Å²) in [5, 5.41) is 20.1. The smallest absolute Gasteiger partial charge is 0.339 e. The fourth-order valence-electron chi connectivity index (χ4n) is 1.70. The van der Waals surface area contributed by atoms with Gasteiger partial charge in [0.15, 0.2) is 5.17 Å². The number of anilines is 1. The molecule has 0 aliphatic carbocycles. The van der Waals surface area contributed by atoms with E-state index in [1.807, 2.05) is 0 Å². The molecule has 8 nitrogen and oxygen atoms in total. The number of aromatic carboxylic acids is 1. The number of benzene rings is 1. The van der Waals surface area contributed by atoms with Crippen molar-refractivity contribution in [3.05, 3.63) is 23.8 Å². The van der Waals surface area contributed by atoms with Gasteiger partial charge in [0.25, 0.3) is 5.91 Å². The van der Waals surface area contributed by atoms with Crippen molar-refractivity contribution in [1.29, 1.82) is 0 Å². The summed E-state index contributed by atoms with van der Waals surface area (Å²) < 4.78 is 0. The monoisotopic (exact) mass is 309 g/mol. The quantitative estimate of drug-likeness (QED) is 0.589. The highest BCUT2D eigenvalue weighted by molar-refractivity contribution is 8.15. The van der Waals surface area contributed by atoms with E-state index in [9.17, 15) is 19.5 Å². The topological polar surface area (TPSA) is 142 Å². The molecule has 5 N–H and O–H groups in total. The Kier molecular flexibility index (Phi) is 4.13. The number of hydrogen-bond donors (Lipinski definition) is 4. The van der Waals surface area contributed by atoms with Gasteiger partial charge in [0.2, 0.25) is 5.91 Å². The predicted octanol–water partition coefficient (Wildman–Crippen LogP) is 0.376. The van der Waals surface area contributed by atoms with Crippen LogP contribution in [0.3, 0.4) is 0 Å². The number of carboxylic acids is 1. The third-order valence-electron chi connectivity index (χ3n) is 2.64. The number of hydrogen-bond acceptors (Lipinski definition) is 6. The molecule has 21 heavy (non-hydrogen) atoms. The average Bonchev–Trinajstić information content (AvgIpc) is 2.69. The normalized spacial score (nSPS) is 17.4. The highest BCUT2D eigenvalue weighted by atomic mass is 32.2. The van der Waals surface area contributed by atoms with Crippen molar-refractivity contribution in [2.75, 3.05) is 5.32 Å². The number of phenols is 1. The first-order chi connectivity index (χ1) is 9.86. The maximum absolute atomic E-state index is 11.8. The summed E-state index contributed by atoms with van der Waals surface area (Å²) in [4.78, 5) is 37.6. The number of nitrogens with zero attached hydrogens (tertiary/aromatic N) is 1. The molecular weight excluding hydrogens is 298 g/mol. The van der Waals surface area contributed by atoms with Gasteiger partial charge >= 0.3 is 5.97 Å². The maximum atomic E-state index is 11.8. The Morgan fingerprint density at radius 1 is 1.43 bits per heavy atom. The molecule has 1 atom stereocenters. The van der Waals surface area contributed by atoms with Crippen molar-refractivity contribution < 1.29 is 24.6 Å². The van der Waals surface area contributed by atoms with Gasteiger partial charge in [0, 0.05) is 12.1 Å². The molecule has 1 aromatic rings. The number of aromatic hydroxyl groups is 1. The number of amides is 2. The molecule has 9 heteroatoms. The molecule has 1 aliphatic heterocycles. The summed E-state index contributed by atoms with van der Waals surface area (Å²) in [6.07, 6.45) is -0.128. The van der Waals surface area contributed by atoms with E-state index in [1.54, 1.807) is 0 Å². The van der Waals surface area contributed by atoms with Crippen LogP contribution in [0, 0.1) is 0 Å². The molecule has 2 amide bonds. The van der Waals surface area contributed by atoms with Gasteiger partial charge in [-0.2, -0.15) is 4.99 Å². The minimum Gasteiger partial charge on any atom is -0.507 e. The first-order valence-corrected chi connectivity index (χ1v) is 6.65. The number of amidine groups is 1. The van der Waals surface area contributed by atoms with E-state index >= 15 is 0 Å². The van der Waals surface area contributed by atoms with Crippen LogP contribution < -0.4 is 11.1 Å². The van der Waals surface area contributed by atoms with Crippen LogP contribution in [0.1, 0.15) is 16.8 Å². The van der Waals surface area contributed by atoms with Crippen LogP contribution in [0.5, 0.6) is 5.75 Å². The van der Waals surface area contributed by atoms with Crippen molar-refractivity contribution in [3.8, 4) is 5.75 Å². The third-order valence-corrected chi connectivity index (χ3v) is 3.63. The first-order valence-electron chi connectivity index (χ1n) is 5.77. The zero-order valence-corrected chi connectivity index (χ0v) is 11.4. The number of carboxylic acid groups (broad SMARTS) is 1. The summed E-state index contributed by atoms with van der Waals surface area (Å²) in [5.41, 5.74) is 5.26. The third kappa shape index (κ3) is 3.51. The number of aliphatic imine (C=N–C) groups is 1. The molecule has 0 fully saturated rings. The van der Waals surface area contributed by atoms with Gasteiger partial charge in [0.1, 0.15) is 16.6 Å². The Morgan fingerprint density at radius 3 is 2.71 bits per heavy atom. The molecule has 0 saturated heterocycles. The van der Waals surface area contributed by atoms with Gasteiger partial charge in [-0.15, -0.1) is 0 Å². The average molecular weight is 309 g/mol. The molecule has 0 bridgehead atoms. The highest BCUT2D eigenvalue weighted by Crippen LogP contribution is 2.24. The standard InChI is InChI=1S/C12H11N3O5S/c13-12-15-10(18)8(21-12)4-9(17)14-5-1-2-7(16)6(3-5)11(19)20/h1-3,8,16H,4H2,(H,14,17)(H,19,20)(H2,13,15,18). The van der Waals surface area contributed by atoms with E-state index in [0.717, 1.165) is 23.9 Å². The Morgan fingerprint density at radius 2 is 2.14 bits per heavy atom. The lowest BCUT2D eigenvalue weighted by molar-refractivity contribution is -0.121. The zero-order chi connectivity index (χ0) is 15.6. The summed E-state index contributed by atoms with van der Waals surface area (Å²) in [6.45, 7) is 0. The van der Waals surface area contributed by atoms with Gasteiger partial charge in [-0.3, -0.25) is 9.59 Å². The summed E-state index contributed by atoms with van der Waals surface area (Å²) in [5.74, 6) is -2.66. The molecular formula is C12H11N3O5S. The highest BCUT2D eigenvalue weighted by Gasteiger charge is 2.29. The van der Waals surface area contributed by atoms with Crippen molar-refractivity contribution >= 4 is 40.4 Å². The number of carbonyl (C=O) groups is 3. The van der Waals surface area contributed by atoms with Crippen molar-refractivity contribution in [3.63, 3.8) is 0 Å². The second-order valence-corrected chi connectivity index (χ2v) is 5.41. The fraction of sp³-hybridized carbons (Fsp3) is 0.167. The Hall–Kier alpha value is -2.55.